The Morgan fingerprint density at radius 2 is 1.58 bits per heavy atom. The molecular formula is C12H22O12. The lowest BCUT2D eigenvalue weighted by molar-refractivity contribution is -0.291. The zero-order chi connectivity index (χ0) is 18.8. The number of aliphatic carboxylic acids is 1. The van der Waals surface area contributed by atoms with Gasteiger partial charge in [0.05, 0.1) is 13.2 Å². The molecular weight excluding hydrogens is 336 g/mol. The minimum absolute atomic E-state index is 0.922. The predicted molar refractivity (Wildman–Crippen MR) is 71.5 cm³/mol. The molecule has 142 valence electrons. The van der Waals surface area contributed by atoms with Crippen LogP contribution in [0.3, 0.4) is 0 Å². The van der Waals surface area contributed by atoms with Crippen molar-refractivity contribution in [2.24, 2.45) is 0 Å². The van der Waals surface area contributed by atoms with Crippen molar-refractivity contribution < 1.29 is 60.6 Å². The van der Waals surface area contributed by atoms with Gasteiger partial charge < -0.3 is 55.8 Å². The smallest absolute Gasteiger partial charge is 0.341 e. The molecule has 0 aromatic heterocycles. The van der Waals surface area contributed by atoms with Crippen molar-refractivity contribution in [2.75, 3.05) is 13.2 Å². The number of ether oxygens (including phenoxy) is 1. The van der Waals surface area contributed by atoms with Gasteiger partial charge in [-0.2, -0.15) is 0 Å². The maximum absolute atomic E-state index is 11.4. The van der Waals surface area contributed by atoms with Gasteiger partial charge in [-0.05, 0) is 0 Å². The first kappa shape index (κ1) is 21.1. The first-order chi connectivity index (χ1) is 11.0. The molecule has 24 heavy (non-hydrogen) atoms. The number of aliphatic hydroxyl groups is 9. The minimum Gasteiger partial charge on any atom is -0.479 e. The van der Waals surface area contributed by atoms with Crippen molar-refractivity contribution in [1.82, 2.24) is 0 Å². The van der Waals surface area contributed by atoms with Crippen LogP contribution < -0.4 is 0 Å². The summed E-state index contributed by atoms with van der Waals surface area (Å²) in [4.78, 5) is 11.4. The molecule has 1 aliphatic rings. The maximum Gasteiger partial charge on any atom is 0.341 e. The highest BCUT2D eigenvalue weighted by Gasteiger charge is 2.61. The predicted octanol–water partition coefficient (Wildman–Crippen LogP) is -6.28. The number of rotatable bonds is 7. The van der Waals surface area contributed by atoms with Crippen molar-refractivity contribution in [3.63, 3.8) is 0 Å². The van der Waals surface area contributed by atoms with Gasteiger partial charge in [0.15, 0.2) is 0 Å². The van der Waals surface area contributed by atoms with Crippen LogP contribution in [-0.2, 0) is 9.53 Å². The van der Waals surface area contributed by atoms with E-state index in [2.05, 4.69) is 0 Å². The van der Waals surface area contributed by atoms with Gasteiger partial charge in [0.2, 0.25) is 5.60 Å². The second-order valence-electron chi connectivity index (χ2n) is 5.57. The Balaban J connectivity index is 3.24. The highest BCUT2D eigenvalue weighted by molar-refractivity contribution is 5.79. The molecule has 1 fully saturated rings. The molecule has 12 heteroatoms. The minimum atomic E-state index is -3.45. The summed E-state index contributed by atoms with van der Waals surface area (Å²) in [5.41, 5.74) is -3.45. The van der Waals surface area contributed by atoms with Gasteiger partial charge in [0.1, 0.15) is 48.8 Å². The van der Waals surface area contributed by atoms with Crippen molar-refractivity contribution in [2.45, 2.75) is 54.4 Å². The average molecular weight is 358 g/mol. The molecule has 10 N–H and O–H groups in total. The van der Waals surface area contributed by atoms with Crippen LogP contribution in [0.25, 0.3) is 0 Å². The third-order valence-electron chi connectivity index (χ3n) is 4.02. The molecule has 1 rings (SSSR count). The summed E-state index contributed by atoms with van der Waals surface area (Å²) in [6.07, 6.45) is -17.0. The lowest BCUT2D eigenvalue weighted by atomic mass is 9.79. The van der Waals surface area contributed by atoms with Crippen LogP contribution >= 0.6 is 0 Å². The Hall–Kier alpha value is -0.930. The molecule has 1 saturated heterocycles. The number of aliphatic hydroxyl groups excluding tert-OH is 8. The fraction of sp³-hybridized carbons (Fsp3) is 0.917. The SMILES string of the molecule is O=C(O)[C@@](O)([C@@H]1O[C@H](CO)[C@H](O)[C@H](O)[C@H]1O)[C@@H](O)[C@H](O)[C@H](O)CO. The Bertz CT molecular complexity index is 430. The van der Waals surface area contributed by atoms with E-state index in [1.165, 1.54) is 0 Å². The number of hydrogen-bond acceptors (Lipinski definition) is 11. The summed E-state index contributed by atoms with van der Waals surface area (Å²) in [6.45, 7) is -2.00. The molecule has 0 aromatic rings. The van der Waals surface area contributed by atoms with Crippen LogP contribution in [0.4, 0.5) is 0 Å². The summed E-state index contributed by atoms with van der Waals surface area (Å²) in [5, 5.41) is 95.4. The van der Waals surface area contributed by atoms with Gasteiger partial charge in [-0.15, -0.1) is 0 Å². The third kappa shape index (κ3) is 3.52. The largest absolute Gasteiger partial charge is 0.479 e. The first-order valence-corrected chi connectivity index (χ1v) is 6.95. The molecule has 0 amide bonds. The summed E-state index contributed by atoms with van der Waals surface area (Å²) >= 11 is 0. The Morgan fingerprint density at radius 3 is 2.00 bits per heavy atom. The zero-order valence-corrected chi connectivity index (χ0v) is 12.3. The summed E-state index contributed by atoms with van der Waals surface area (Å²) in [5.74, 6) is -2.19. The van der Waals surface area contributed by atoms with E-state index in [9.17, 15) is 45.6 Å². The van der Waals surface area contributed by atoms with Gasteiger partial charge in [0.25, 0.3) is 0 Å². The molecule has 1 heterocycles. The molecule has 0 aromatic carbocycles. The molecule has 9 atom stereocenters. The first-order valence-electron chi connectivity index (χ1n) is 6.95. The molecule has 0 bridgehead atoms. The van der Waals surface area contributed by atoms with Crippen LogP contribution in [-0.4, -0.2) is 125 Å². The lowest BCUT2D eigenvalue weighted by Crippen LogP contribution is -2.72. The lowest BCUT2D eigenvalue weighted by Gasteiger charge is -2.47. The van der Waals surface area contributed by atoms with Gasteiger partial charge in [0, 0.05) is 0 Å². The van der Waals surface area contributed by atoms with E-state index < -0.39 is 73.6 Å². The normalized spacial score (nSPS) is 37.3. The van der Waals surface area contributed by atoms with E-state index >= 15 is 0 Å². The number of carbonyl (C=O) groups is 1. The number of hydrogen-bond donors (Lipinski definition) is 10. The molecule has 0 spiro atoms. The van der Waals surface area contributed by atoms with E-state index in [1.807, 2.05) is 0 Å². The Kier molecular flexibility index (Phi) is 7.01. The molecule has 1 aliphatic heterocycles. The Morgan fingerprint density at radius 1 is 1.04 bits per heavy atom. The number of carboxylic acid groups (broad SMARTS) is 1. The van der Waals surface area contributed by atoms with Gasteiger partial charge >= 0.3 is 5.97 Å². The van der Waals surface area contributed by atoms with E-state index in [1.54, 1.807) is 0 Å². The van der Waals surface area contributed by atoms with Gasteiger partial charge in [-0.3, -0.25) is 0 Å². The summed E-state index contributed by atoms with van der Waals surface area (Å²) in [7, 11) is 0. The fourth-order valence-corrected chi connectivity index (χ4v) is 2.46. The van der Waals surface area contributed by atoms with Crippen LogP contribution in [0, 0.1) is 0 Å². The average Bonchev–Trinajstić information content (AvgIpc) is 2.56. The van der Waals surface area contributed by atoms with E-state index in [0.29, 0.717) is 0 Å². The zero-order valence-electron chi connectivity index (χ0n) is 12.3. The molecule has 0 radical (unpaired) electrons. The van der Waals surface area contributed by atoms with Crippen molar-refractivity contribution in [3.8, 4) is 0 Å². The molecule has 0 unspecified atom stereocenters. The monoisotopic (exact) mass is 358 g/mol. The quantitative estimate of drug-likeness (QED) is 0.205. The second kappa shape index (κ2) is 7.97. The van der Waals surface area contributed by atoms with Crippen LogP contribution in [0.1, 0.15) is 0 Å². The van der Waals surface area contributed by atoms with Crippen LogP contribution in [0.5, 0.6) is 0 Å². The van der Waals surface area contributed by atoms with Crippen molar-refractivity contribution in [3.05, 3.63) is 0 Å². The number of carboxylic acids is 1. The molecule has 0 aliphatic carbocycles. The van der Waals surface area contributed by atoms with Crippen molar-refractivity contribution >= 4 is 5.97 Å². The van der Waals surface area contributed by atoms with E-state index in [-0.39, 0.29) is 0 Å². The molecule has 0 saturated carbocycles. The topological polar surface area (TPSA) is 229 Å². The van der Waals surface area contributed by atoms with E-state index in [4.69, 9.17) is 14.9 Å². The van der Waals surface area contributed by atoms with Crippen LogP contribution in [0.15, 0.2) is 0 Å². The van der Waals surface area contributed by atoms with Gasteiger partial charge in [-0.1, -0.05) is 0 Å². The summed E-state index contributed by atoms with van der Waals surface area (Å²) < 4.78 is 4.89. The van der Waals surface area contributed by atoms with E-state index in [0.717, 1.165) is 0 Å². The van der Waals surface area contributed by atoms with Gasteiger partial charge in [-0.25, -0.2) is 4.79 Å². The maximum atomic E-state index is 11.4. The fourth-order valence-electron chi connectivity index (χ4n) is 2.46. The van der Waals surface area contributed by atoms with Crippen LogP contribution in [0.2, 0.25) is 0 Å². The highest BCUT2D eigenvalue weighted by atomic mass is 16.6. The molecule has 12 nitrogen and oxygen atoms in total. The van der Waals surface area contributed by atoms with Crippen molar-refractivity contribution in [1.29, 1.82) is 0 Å². The third-order valence-corrected chi connectivity index (χ3v) is 4.02. The summed E-state index contributed by atoms with van der Waals surface area (Å²) in [6, 6.07) is 0. The second-order valence-corrected chi connectivity index (χ2v) is 5.57. The Labute approximate surface area is 135 Å². The standard InChI is InChI=1S/C12H22O12/c13-1-3(15)5(16)9(20)12(23,11(21)22)10-8(19)7(18)6(17)4(2-14)24-10/h3-10,13-20,23H,1-2H2,(H,21,22)/t3-,4-,5-,6+,7+,8-,9+,10-,12+/m1/s1. The highest BCUT2D eigenvalue weighted by Crippen LogP contribution is 2.32.